The lowest BCUT2D eigenvalue weighted by atomic mass is 10.2. The van der Waals surface area contributed by atoms with Gasteiger partial charge in [0.25, 0.3) is 0 Å². The number of piperazine rings is 1. The molecule has 1 aromatic heterocycles. The van der Waals surface area contributed by atoms with E-state index in [-0.39, 0.29) is 24.0 Å². The van der Waals surface area contributed by atoms with Crippen molar-refractivity contribution in [2.75, 3.05) is 51.2 Å². The number of nitrogens with one attached hydrogen (secondary N) is 2. The first kappa shape index (κ1) is 22.5. The van der Waals surface area contributed by atoms with Gasteiger partial charge in [-0.05, 0) is 49.7 Å². The molecule has 1 aliphatic heterocycles. The van der Waals surface area contributed by atoms with E-state index in [1.165, 1.54) is 11.3 Å². The van der Waals surface area contributed by atoms with E-state index in [9.17, 15) is 0 Å². The maximum Gasteiger partial charge on any atom is 0.191 e. The molecule has 28 heavy (non-hydrogen) atoms. The summed E-state index contributed by atoms with van der Waals surface area (Å²) in [6.07, 6.45) is 2.79. The van der Waals surface area contributed by atoms with Gasteiger partial charge in [-0.15, -0.1) is 24.0 Å². The molecule has 0 amide bonds. The summed E-state index contributed by atoms with van der Waals surface area (Å²) < 4.78 is 5.32. The molecule has 3 rings (SSSR count). The number of nitrogens with zero attached hydrogens (tertiary/aromatic N) is 3. The third-order valence-corrected chi connectivity index (χ3v) is 4.92. The van der Waals surface area contributed by atoms with Crippen LogP contribution in [0.25, 0.3) is 0 Å². The minimum atomic E-state index is 0. The molecule has 0 spiro atoms. The van der Waals surface area contributed by atoms with Crippen LogP contribution in [-0.4, -0.2) is 57.2 Å². The summed E-state index contributed by atoms with van der Waals surface area (Å²) in [6.45, 7) is 9.28. The molecule has 2 N–H and O–H groups in total. The lowest BCUT2D eigenvalue weighted by Gasteiger charge is -2.36. The molecule has 154 valence electrons. The third-order valence-electron chi connectivity index (χ3n) is 4.92. The predicted molar refractivity (Wildman–Crippen MR) is 127 cm³/mol. The fraction of sp³-hybridized carbons (Fsp3) is 0.476. The molecule has 2 heterocycles. The Hall–Kier alpha value is -1.74. The van der Waals surface area contributed by atoms with Gasteiger partial charge in [0.2, 0.25) is 0 Å². The van der Waals surface area contributed by atoms with E-state index in [0.29, 0.717) is 6.54 Å². The minimum Gasteiger partial charge on any atom is -0.467 e. The normalized spacial score (nSPS) is 15.2. The monoisotopic (exact) mass is 497 g/mol. The molecule has 7 heteroatoms. The molecule has 0 radical (unpaired) electrons. The van der Waals surface area contributed by atoms with Crippen molar-refractivity contribution >= 4 is 35.6 Å². The second kappa shape index (κ2) is 12.0. The standard InChI is InChI=1S/C21H31N5O.HI/c1-18-6-3-7-19(16-18)26-13-11-25(12-14-26)10-5-9-23-21(22-2)24-17-20-8-4-15-27-20;/h3-4,6-8,15-16H,5,9-14,17H2,1-2H3,(H2,22,23,24);1H. The average Bonchev–Trinajstić information content (AvgIpc) is 3.21. The smallest absolute Gasteiger partial charge is 0.191 e. The van der Waals surface area contributed by atoms with Crippen molar-refractivity contribution in [2.45, 2.75) is 19.9 Å². The van der Waals surface area contributed by atoms with E-state index in [2.05, 4.69) is 56.6 Å². The van der Waals surface area contributed by atoms with Crippen LogP contribution in [-0.2, 0) is 6.54 Å². The van der Waals surface area contributed by atoms with Crippen LogP contribution in [0.2, 0.25) is 0 Å². The number of halogens is 1. The van der Waals surface area contributed by atoms with Crippen molar-refractivity contribution in [1.29, 1.82) is 0 Å². The second-order valence-electron chi connectivity index (χ2n) is 6.95. The summed E-state index contributed by atoms with van der Waals surface area (Å²) in [5.41, 5.74) is 2.68. The van der Waals surface area contributed by atoms with Crippen molar-refractivity contribution in [2.24, 2.45) is 4.99 Å². The van der Waals surface area contributed by atoms with E-state index in [1.54, 1.807) is 13.3 Å². The van der Waals surface area contributed by atoms with Gasteiger partial charge >= 0.3 is 0 Å². The Morgan fingerprint density at radius 2 is 1.93 bits per heavy atom. The number of furan rings is 1. The molecular formula is C21H32IN5O. The first-order valence-corrected chi connectivity index (χ1v) is 9.75. The van der Waals surface area contributed by atoms with Crippen molar-refractivity contribution in [3.8, 4) is 0 Å². The zero-order valence-corrected chi connectivity index (χ0v) is 19.2. The number of hydrogen-bond acceptors (Lipinski definition) is 4. The van der Waals surface area contributed by atoms with Crippen molar-refractivity contribution in [3.05, 3.63) is 54.0 Å². The maximum absolute atomic E-state index is 5.32. The van der Waals surface area contributed by atoms with Crippen LogP contribution in [0.5, 0.6) is 0 Å². The van der Waals surface area contributed by atoms with Gasteiger partial charge in [-0.3, -0.25) is 9.89 Å². The Bertz CT molecular complexity index is 711. The van der Waals surface area contributed by atoms with E-state index >= 15 is 0 Å². The van der Waals surface area contributed by atoms with E-state index in [0.717, 1.165) is 57.4 Å². The first-order valence-electron chi connectivity index (χ1n) is 9.75. The highest BCUT2D eigenvalue weighted by Crippen LogP contribution is 2.17. The Morgan fingerprint density at radius 3 is 2.61 bits per heavy atom. The summed E-state index contributed by atoms with van der Waals surface area (Å²) in [6, 6.07) is 12.6. The molecule has 6 nitrogen and oxygen atoms in total. The maximum atomic E-state index is 5.32. The minimum absolute atomic E-state index is 0. The van der Waals surface area contributed by atoms with Crippen LogP contribution < -0.4 is 15.5 Å². The molecule has 1 fully saturated rings. The zero-order valence-electron chi connectivity index (χ0n) is 16.9. The van der Waals surface area contributed by atoms with Gasteiger partial charge in [-0.1, -0.05) is 12.1 Å². The summed E-state index contributed by atoms with van der Waals surface area (Å²) in [7, 11) is 1.79. The SMILES string of the molecule is CN=C(NCCCN1CCN(c2cccc(C)c2)CC1)NCc1ccco1.I. The van der Waals surface area contributed by atoms with Crippen LogP contribution in [0.15, 0.2) is 52.1 Å². The van der Waals surface area contributed by atoms with Crippen LogP contribution in [0, 0.1) is 6.92 Å². The lowest BCUT2D eigenvalue weighted by Crippen LogP contribution is -2.47. The van der Waals surface area contributed by atoms with Crippen LogP contribution in [0.4, 0.5) is 5.69 Å². The number of rotatable bonds is 7. The van der Waals surface area contributed by atoms with Gasteiger partial charge in [0.1, 0.15) is 5.76 Å². The van der Waals surface area contributed by atoms with Crippen LogP contribution >= 0.6 is 24.0 Å². The highest BCUT2D eigenvalue weighted by atomic mass is 127. The highest BCUT2D eigenvalue weighted by molar-refractivity contribution is 14.0. The summed E-state index contributed by atoms with van der Waals surface area (Å²) in [5.74, 6) is 1.72. The fourth-order valence-corrected chi connectivity index (χ4v) is 3.37. The van der Waals surface area contributed by atoms with Gasteiger partial charge in [0.15, 0.2) is 5.96 Å². The lowest BCUT2D eigenvalue weighted by molar-refractivity contribution is 0.255. The number of hydrogen-bond donors (Lipinski definition) is 2. The second-order valence-corrected chi connectivity index (χ2v) is 6.95. The zero-order chi connectivity index (χ0) is 18.9. The molecule has 1 aromatic carbocycles. The number of benzene rings is 1. The average molecular weight is 497 g/mol. The van der Waals surface area contributed by atoms with Crippen molar-refractivity contribution in [1.82, 2.24) is 15.5 Å². The molecule has 0 aliphatic carbocycles. The topological polar surface area (TPSA) is 56.0 Å². The molecule has 0 atom stereocenters. The number of aryl methyl sites for hydroxylation is 1. The Labute approximate surface area is 185 Å². The van der Waals surface area contributed by atoms with E-state index in [4.69, 9.17) is 4.42 Å². The van der Waals surface area contributed by atoms with Gasteiger partial charge in [0, 0.05) is 45.5 Å². The van der Waals surface area contributed by atoms with Crippen molar-refractivity contribution < 1.29 is 4.42 Å². The molecule has 2 aromatic rings. The Kier molecular flexibility index (Phi) is 9.63. The largest absolute Gasteiger partial charge is 0.467 e. The fourth-order valence-electron chi connectivity index (χ4n) is 3.37. The molecular weight excluding hydrogens is 465 g/mol. The number of anilines is 1. The van der Waals surface area contributed by atoms with Gasteiger partial charge in [-0.25, -0.2) is 0 Å². The first-order chi connectivity index (χ1) is 13.2. The van der Waals surface area contributed by atoms with Crippen LogP contribution in [0.3, 0.4) is 0 Å². The molecule has 0 saturated carbocycles. The van der Waals surface area contributed by atoms with Crippen molar-refractivity contribution in [3.63, 3.8) is 0 Å². The van der Waals surface area contributed by atoms with Gasteiger partial charge in [0.05, 0.1) is 12.8 Å². The summed E-state index contributed by atoms with van der Waals surface area (Å²) >= 11 is 0. The van der Waals surface area contributed by atoms with E-state index in [1.807, 2.05) is 12.1 Å². The predicted octanol–water partition coefficient (Wildman–Crippen LogP) is 3.08. The summed E-state index contributed by atoms with van der Waals surface area (Å²) in [4.78, 5) is 9.29. The number of guanidine groups is 1. The Morgan fingerprint density at radius 1 is 1.11 bits per heavy atom. The van der Waals surface area contributed by atoms with Gasteiger partial charge in [-0.2, -0.15) is 0 Å². The summed E-state index contributed by atoms with van der Waals surface area (Å²) in [5, 5.41) is 6.64. The number of aliphatic imine (C=N–C) groups is 1. The van der Waals surface area contributed by atoms with E-state index < -0.39 is 0 Å². The molecule has 0 unspecified atom stereocenters. The molecule has 1 saturated heterocycles. The van der Waals surface area contributed by atoms with Crippen LogP contribution in [0.1, 0.15) is 17.7 Å². The molecule has 0 bridgehead atoms. The van der Waals surface area contributed by atoms with Gasteiger partial charge < -0.3 is 20.0 Å². The Balaban J connectivity index is 0.00000280. The quantitative estimate of drug-likeness (QED) is 0.267. The third kappa shape index (κ3) is 7.01. The molecule has 1 aliphatic rings. The highest BCUT2D eigenvalue weighted by Gasteiger charge is 2.16.